The highest BCUT2D eigenvalue weighted by Crippen LogP contribution is 2.15. The molecule has 2 atom stereocenters. The normalized spacial score (nSPS) is 12.6. The predicted molar refractivity (Wildman–Crippen MR) is 141 cm³/mol. The van der Waals surface area contributed by atoms with Crippen LogP contribution in [0.15, 0.2) is 103 Å². The molecule has 5 heteroatoms. The molecule has 4 aromatic rings. The van der Waals surface area contributed by atoms with Gasteiger partial charge in [0.25, 0.3) is 0 Å². The molecule has 0 bridgehead atoms. The van der Waals surface area contributed by atoms with Gasteiger partial charge in [-0.15, -0.1) is 0 Å². The van der Waals surface area contributed by atoms with Gasteiger partial charge in [-0.05, 0) is 40.3 Å². The molecule has 0 radical (unpaired) electrons. The second-order valence-corrected chi connectivity index (χ2v) is 8.77. The summed E-state index contributed by atoms with van der Waals surface area (Å²) in [6, 6.07) is 32.4. The van der Waals surface area contributed by atoms with Crippen LogP contribution in [0.25, 0.3) is 10.8 Å². The van der Waals surface area contributed by atoms with Gasteiger partial charge in [0.05, 0.1) is 6.04 Å². The number of nitrogens with two attached hydrogens (primary N) is 1. The average Bonchev–Trinajstić information content (AvgIpc) is 2.89. The molecule has 0 aromatic heterocycles. The third-order valence-electron chi connectivity index (χ3n) is 6.08. The molecule has 0 fully saturated rings. The summed E-state index contributed by atoms with van der Waals surface area (Å²) in [6.45, 7) is 0.481. The molecular weight excluding hydrogens is 434 g/mol. The van der Waals surface area contributed by atoms with Crippen molar-refractivity contribution in [2.75, 3.05) is 6.54 Å². The number of hydrogen-bond donors (Lipinski definition) is 3. The first kappa shape index (κ1) is 24.2. The lowest BCUT2D eigenvalue weighted by atomic mass is 10.0. The standard InChI is InChI=1S/C30H31N3O2/c31-27(20-22-9-3-1-4-10-22)29(34)33-28(21-23-11-5-2-6-12-23)30(35)32-18-17-24-15-16-25-13-7-8-14-26(25)19-24/h1-16,19,27-28H,17-18,20-21,31H2,(H,32,35)(H,33,34)/t27-,28-/m0/s1. The highest BCUT2D eigenvalue weighted by Gasteiger charge is 2.24. The molecule has 0 aliphatic carbocycles. The summed E-state index contributed by atoms with van der Waals surface area (Å²) in [4.78, 5) is 26.0. The van der Waals surface area contributed by atoms with E-state index in [1.54, 1.807) is 0 Å². The van der Waals surface area contributed by atoms with E-state index in [9.17, 15) is 9.59 Å². The van der Waals surface area contributed by atoms with Gasteiger partial charge in [0.1, 0.15) is 6.04 Å². The van der Waals surface area contributed by atoms with Crippen LogP contribution in [-0.4, -0.2) is 30.4 Å². The maximum Gasteiger partial charge on any atom is 0.242 e. The Morgan fingerprint density at radius 3 is 1.94 bits per heavy atom. The summed E-state index contributed by atoms with van der Waals surface area (Å²) in [5.74, 6) is -0.547. The zero-order valence-electron chi connectivity index (χ0n) is 19.7. The van der Waals surface area contributed by atoms with E-state index in [1.165, 1.54) is 10.8 Å². The number of carbonyl (C=O) groups excluding carboxylic acids is 2. The third-order valence-corrected chi connectivity index (χ3v) is 6.08. The minimum Gasteiger partial charge on any atom is -0.354 e. The highest BCUT2D eigenvalue weighted by atomic mass is 16.2. The van der Waals surface area contributed by atoms with Crippen LogP contribution >= 0.6 is 0 Å². The maximum absolute atomic E-state index is 13.1. The Hall–Kier alpha value is -3.96. The lowest BCUT2D eigenvalue weighted by molar-refractivity contribution is -0.129. The molecule has 0 spiro atoms. The predicted octanol–water partition coefficient (Wildman–Crippen LogP) is 3.80. The van der Waals surface area contributed by atoms with Gasteiger partial charge in [-0.3, -0.25) is 9.59 Å². The molecule has 0 aliphatic heterocycles. The summed E-state index contributed by atoms with van der Waals surface area (Å²) in [7, 11) is 0. The van der Waals surface area contributed by atoms with Gasteiger partial charge >= 0.3 is 0 Å². The number of hydrogen-bond acceptors (Lipinski definition) is 3. The van der Waals surface area contributed by atoms with E-state index in [0.717, 1.165) is 16.7 Å². The molecule has 0 saturated carbocycles. The van der Waals surface area contributed by atoms with Gasteiger partial charge < -0.3 is 16.4 Å². The van der Waals surface area contributed by atoms with Crippen LogP contribution in [0.2, 0.25) is 0 Å². The van der Waals surface area contributed by atoms with Crippen LogP contribution in [0.5, 0.6) is 0 Å². The van der Waals surface area contributed by atoms with E-state index in [-0.39, 0.29) is 11.8 Å². The fraction of sp³-hybridized carbons (Fsp3) is 0.200. The molecule has 4 N–H and O–H groups in total. The van der Waals surface area contributed by atoms with E-state index in [1.807, 2.05) is 72.8 Å². The number of nitrogens with one attached hydrogen (secondary N) is 2. The Labute approximate surface area is 206 Å². The topological polar surface area (TPSA) is 84.2 Å². The largest absolute Gasteiger partial charge is 0.354 e. The summed E-state index contributed by atoms with van der Waals surface area (Å²) in [6.07, 6.45) is 1.51. The number of rotatable bonds is 10. The molecule has 2 amide bonds. The highest BCUT2D eigenvalue weighted by molar-refractivity contribution is 5.90. The van der Waals surface area contributed by atoms with Gasteiger partial charge in [0.15, 0.2) is 0 Å². The summed E-state index contributed by atoms with van der Waals surface area (Å²) in [5.41, 5.74) is 9.27. The summed E-state index contributed by atoms with van der Waals surface area (Å²) in [5, 5.41) is 8.25. The first-order valence-electron chi connectivity index (χ1n) is 12.0. The number of amides is 2. The van der Waals surface area contributed by atoms with Crippen molar-refractivity contribution in [1.29, 1.82) is 0 Å². The lowest BCUT2D eigenvalue weighted by Gasteiger charge is -2.21. The quantitative estimate of drug-likeness (QED) is 0.333. The van der Waals surface area contributed by atoms with Crippen molar-refractivity contribution in [3.63, 3.8) is 0 Å². The second-order valence-electron chi connectivity index (χ2n) is 8.77. The van der Waals surface area contributed by atoms with Crippen molar-refractivity contribution in [3.05, 3.63) is 120 Å². The van der Waals surface area contributed by atoms with Gasteiger partial charge in [0.2, 0.25) is 11.8 Å². The molecule has 0 heterocycles. The molecule has 35 heavy (non-hydrogen) atoms. The lowest BCUT2D eigenvalue weighted by Crippen LogP contribution is -2.53. The first-order chi connectivity index (χ1) is 17.1. The van der Waals surface area contributed by atoms with Crippen LogP contribution in [0, 0.1) is 0 Å². The van der Waals surface area contributed by atoms with Crippen LogP contribution in [0.3, 0.4) is 0 Å². The van der Waals surface area contributed by atoms with Crippen LogP contribution in [0.1, 0.15) is 16.7 Å². The molecule has 0 saturated heterocycles. The van der Waals surface area contributed by atoms with Crippen molar-refractivity contribution < 1.29 is 9.59 Å². The molecule has 4 aromatic carbocycles. The minimum atomic E-state index is -0.735. The number of carbonyl (C=O) groups is 2. The number of benzene rings is 4. The third kappa shape index (κ3) is 7.01. The van der Waals surface area contributed by atoms with Gasteiger partial charge in [-0.2, -0.15) is 0 Å². The van der Waals surface area contributed by atoms with Crippen molar-refractivity contribution in [3.8, 4) is 0 Å². The minimum absolute atomic E-state index is 0.213. The Morgan fingerprint density at radius 2 is 1.26 bits per heavy atom. The van der Waals surface area contributed by atoms with Crippen molar-refractivity contribution in [2.24, 2.45) is 5.73 Å². The Kier molecular flexibility index (Phi) is 8.25. The van der Waals surface area contributed by atoms with Gasteiger partial charge in [-0.1, -0.05) is 103 Å². The fourth-order valence-electron chi connectivity index (χ4n) is 4.15. The molecular formula is C30H31N3O2. The number of fused-ring (bicyclic) bond motifs is 1. The molecule has 178 valence electrons. The summed E-state index contributed by atoms with van der Waals surface area (Å²) >= 11 is 0. The first-order valence-corrected chi connectivity index (χ1v) is 12.0. The van der Waals surface area contributed by atoms with Gasteiger partial charge in [0, 0.05) is 13.0 Å². The van der Waals surface area contributed by atoms with Crippen molar-refractivity contribution >= 4 is 22.6 Å². The van der Waals surface area contributed by atoms with Crippen molar-refractivity contribution in [1.82, 2.24) is 10.6 Å². The zero-order valence-corrected chi connectivity index (χ0v) is 19.7. The zero-order chi connectivity index (χ0) is 24.5. The van der Waals surface area contributed by atoms with Crippen LogP contribution in [0.4, 0.5) is 0 Å². The fourth-order valence-corrected chi connectivity index (χ4v) is 4.15. The maximum atomic E-state index is 13.1. The van der Waals surface area contributed by atoms with Gasteiger partial charge in [-0.25, -0.2) is 0 Å². The SMILES string of the molecule is N[C@@H](Cc1ccccc1)C(=O)N[C@@H](Cc1ccccc1)C(=O)NCCc1ccc2ccccc2c1. The van der Waals surface area contributed by atoms with Crippen LogP contribution in [-0.2, 0) is 28.9 Å². The monoisotopic (exact) mass is 465 g/mol. The summed E-state index contributed by atoms with van der Waals surface area (Å²) < 4.78 is 0. The van der Waals surface area contributed by atoms with Crippen molar-refractivity contribution in [2.45, 2.75) is 31.3 Å². The van der Waals surface area contributed by atoms with Crippen LogP contribution < -0.4 is 16.4 Å². The van der Waals surface area contributed by atoms with E-state index in [2.05, 4.69) is 41.0 Å². The Balaban J connectivity index is 1.38. The molecule has 5 nitrogen and oxygen atoms in total. The smallest absolute Gasteiger partial charge is 0.242 e. The Bertz CT molecular complexity index is 1260. The van der Waals surface area contributed by atoms with E-state index in [4.69, 9.17) is 5.73 Å². The molecule has 4 rings (SSSR count). The van der Waals surface area contributed by atoms with E-state index < -0.39 is 12.1 Å². The molecule has 0 unspecified atom stereocenters. The Morgan fingerprint density at radius 1 is 0.657 bits per heavy atom. The average molecular weight is 466 g/mol. The molecule has 0 aliphatic rings. The second kappa shape index (κ2) is 12.0. The van der Waals surface area contributed by atoms with E-state index in [0.29, 0.717) is 25.8 Å². The van der Waals surface area contributed by atoms with E-state index >= 15 is 0 Å².